The first-order valence-corrected chi connectivity index (χ1v) is 10.3. The van der Waals surface area contributed by atoms with Gasteiger partial charge in [0.25, 0.3) is 11.8 Å². The first-order valence-electron chi connectivity index (χ1n) is 9.89. The minimum atomic E-state index is -4.65. The van der Waals surface area contributed by atoms with E-state index in [1.54, 1.807) is 0 Å². The van der Waals surface area contributed by atoms with Gasteiger partial charge in [0.2, 0.25) is 0 Å². The summed E-state index contributed by atoms with van der Waals surface area (Å²) in [4.78, 5) is 28.8. The fourth-order valence-electron chi connectivity index (χ4n) is 3.75. The summed E-state index contributed by atoms with van der Waals surface area (Å²) in [5.74, 6) is -0.285. The molecule has 0 saturated carbocycles. The van der Waals surface area contributed by atoms with Gasteiger partial charge in [-0.1, -0.05) is 29.8 Å². The average molecular weight is 477 g/mol. The van der Waals surface area contributed by atoms with E-state index in [2.05, 4.69) is 20.9 Å². The molecule has 2 aliphatic heterocycles. The van der Waals surface area contributed by atoms with Gasteiger partial charge in [0.05, 0.1) is 34.1 Å². The molecule has 8 nitrogen and oxygen atoms in total. The van der Waals surface area contributed by atoms with E-state index in [-0.39, 0.29) is 18.7 Å². The third-order valence-electron chi connectivity index (χ3n) is 5.38. The average Bonchev–Trinajstić information content (AvgIpc) is 3.21. The first kappa shape index (κ1) is 21.3. The van der Waals surface area contributed by atoms with Crippen LogP contribution in [0.15, 0.2) is 48.8 Å². The first-order chi connectivity index (χ1) is 15.8. The number of hydrazine groups is 2. The second-order valence-electron chi connectivity index (χ2n) is 7.39. The summed E-state index contributed by atoms with van der Waals surface area (Å²) in [5.41, 5.74) is 7.45. The summed E-state index contributed by atoms with van der Waals surface area (Å²) in [6.45, 7) is 0.326. The number of nitrogens with zero attached hydrogens (tertiary/aromatic N) is 4. The fourth-order valence-corrected chi connectivity index (χ4v) is 4.06. The molecular formula is C21H16ClF3N6O2. The summed E-state index contributed by atoms with van der Waals surface area (Å²) >= 11 is 5.94. The van der Waals surface area contributed by atoms with Crippen molar-refractivity contribution in [3.63, 3.8) is 0 Å². The Morgan fingerprint density at radius 3 is 2.76 bits per heavy atom. The molecule has 0 radical (unpaired) electrons. The highest BCUT2D eigenvalue weighted by Gasteiger charge is 2.36. The fraction of sp³-hybridized carbons (Fsp3) is 0.190. The molecule has 0 aliphatic carbocycles. The Labute approximate surface area is 190 Å². The zero-order chi connectivity index (χ0) is 23.2. The highest BCUT2D eigenvalue weighted by molar-refractivity contribution is 6.34. The maximum Gasteiger partial charge on any atom is 0.417 e. The van der Waals surface area contributed by atoms with Gasteiger partial charge < -0.3 is 9.74 Å². The predicted molar refractivity (Wildman–Crippen MR) is 113 cm³/mol. The van der Waals surface area contributed by atoms with Crippen LogP contribution in [-0.2, 0) is 19.1 Å². The molecule has 1 amide bonds. The van der Waals surface area contributed by atoms with E-state index >= 15 is 0 Å². The highest BCUT2D eigenvalue weighted by Crippen LogP contribution is 2.37. The molecule has 0 atom stereocenters. The van der Waals surface area contributed by atoms with Gasteiger partial charge in [0.15, 0.2) is 0 Å². The third kappa shape index (κ3) is 3.89. The van der Waals surface area contributed by atoms with Gasteiger partial charge in [-0.2, -0.15) is 18.2 Å². The van der Waals surface area contributed by atoms with Crippen molar-refractivity contribution < 1.29 is 22.8 Å². The second-order valence-corrected chi connectivity index (χ2v) is 7.76. The van der Waals surface area contributed by atoms with Crippen LogP contribution in [0.1, 0.15) is 27.2 Å². The largest absolute Gasteiger partial charge is 0.417 e. The Morgan fingerprint density at radius 1 is 1.12 bits per heavy atom. The van der Waals surface area contributed by atoms with Crippen LogP contribution in [0.2, 0.25) is 5.02 Å². The number of benzene rings is 2. The van der Waals surface area contributed by atoms with Crippen molar-refractivity contribution >= 4 is 28.9 Å². The summed E-state index contributed by atoms with van der Waals surface area (Å²) in [5, 5.41) is 0.816. The van der Waals surface area contributed by atoms with Crippen LogP contribution in [0.3, 0.4) is 0 Å². The van der Waals surface area contributed by atoms with Crippen LogP contribution in [0.25, 0.3) is 0 Å². The molecule has 0 fully saturated rings. The molecule has 2 aromatic carbocycles. The molecule has 33 heavy (non-hydrogen) atoms. The maximum absolute atomic E-state index is 13.2. The number of halogens is 4. The zero-order valence-electron chi connectivity index (χ0n) is 16.9. The van der Waals surface area contributed by atoms with Crippen LogP contribution in [0, 0.1) is 0 Å². The molecule has 3 heterocycles. The topological polar surface area (TPSA) is 82.6 Å². The van der Waals surface area contributed by atoms with E-state index in [9.17, 15) is 18.0 Å². The van der Waals surface area contributed by atoms with E-state index in [0.29, 0.717) is 23.6 Å². The maximum atomic E-state index is 13.2. The van der Waals surface area contributed by atoms with Gasteiger partial charge in [-0.25, -0.2) is 4.98 Å². The Morgan fingerprint density at radius 2 is 1.94 bits per heavy atom. The Balaban J connectivity index is 1.37. The Kier molecular flexibility index (Phi) is 5.22. The lowest BCUT2D eigenvalue weighted by atomic mass is 10.0. The molecule has 0 spiro atoms. The second kappa shape index (κ2) is 8.09. The summed E-state index contributed by atoms with van der Waals surface area (Å²) in [6, 6.07) is 10.8. The van der Waals surface area contributed by atoms with Gasteiger partial charge in [-0.15, -0.1) is 10.7 Å². The number of alkyl halides is 3. The minimum Gasteiger partial charge on any atom is -0.341 e. The van der Waals surface area contributed by atoms with Crippen molar-refractivity contribution in [2.75, 3.05) is 17.1 Å². The normalized spacial score (nSPS) is 15.0. The number of carbonyl (C=O) groups is 1. The van der Waals surface area contributed by atoms with E-state index in [1.165, 1.54) is 28.5 Å². The van der Waals surface area contributed by atoms with Crippen LogP contribution in [0.4, 0.5) is 24.5 Å². The summed E-state index contributed by atoms with van der Waals surface area (Å²) in [6.07, 6.45) is -2.98. The van der Waals surface area contributed by atoms with Crippen LogP contribution >= 0.6 is 11.6 Å². The van der Waals surface area contributed by atoms with Gasteiger partial charge in [0.1, 0.15) is 12.0 Å². The summed E-state index contributed by atoms with van der Waals surface area (Å²) < 4.78 is 39.5. The van der Waals surface area contributed by atoms with Crippen LogP contribution in [0.5, 0.6) is 5.88 Å². The van der Waals surface area contributed by atoms with E-state index in [1.807, 2.05) is 24.3 Å². The minimum absolute atomic E-state index is 0.0852. The SMILES string of the molecule is O=C(c1cccc(C(F)(F)F)c1Cl)N1CCc2c(ncnc2ON2NNc3ccccc32)C1. The van der Waals surface area contributed by atoms with Crippen molar-refractivity contribution in [2.45, 2.75) is 19.1 Å². The van der Waals surface area contributed by atoms with Gasteiger partial charge in [-0.3, -0.25) is 10.2 Å². The molecule has 2 N–H and O–H groups in total. The van der Waals surface area contributed by atoms with Crippen molar-refractivity contribution in [3.8, 4) is 5.88 Å². The number of amides is 1. The quantitative estimate of drug-likeness (QED) is 0.591. The van der Waals surface area contributed by atoms with Gasteiger partial charge in [0, 0.05) is 12.1 Å². The zero-order valence-corrected chi connectivity index (χ0v) is 17.6. The molecule has 0 unspecified atom stereocenters. The number of nitrogens with one attached hydrogen (secondary N) is 2. The lowest BCUT2D eigenvalue weighted by molar-refractivity contribution is -0.137. The number of fused-ring (bicyclic) bond motifs is 2. The molecule has 170 valence electrons. The number of aromatic nitrogens is 2. The van der Waals surface area contributed by atoms with Crippen LogP contribution in [-0.4, -0.2) is 27.3 Å². The smallest absolute Gasteiger partial charge is 0.341 e. The van der Waals surface area contributed by atoms with E-state index in [0.717, 1.165) is 17.4 Å². The standard InChI is InChI=1S/C21H16ClF3N6O2/c22-18-13(4-3-5-14(18)21(23,24)25)20(32)30-9-8-12-16(10-30)26-11-27-19(12)33-31-17-7-2-1-6-15(17)28-29-31/h1-7,11,28-29H,8-10H2. The van der Waals surface area contributed by atoms with E-state index in [4.69, 9.17) is 16.4 Å². The number of carbonyl (C=O) groups excluding carboxylic acids is 1. The van der Waals surface area contributed by atoms with Crippen LogP contribution < -0.4 is 21.0 Å². The predicted octanol–water partition coefficient (Wildman–Crippen LogP) is 3.99. The monoisotopic (exact) mass is 476 g/mol. The Hall–Kier alpha value is -3.57. The lowest BCUT2D eigenvalue weighted by Crippen LogP contribution is -2.40. The highest BCUT2D eigenvalue weighted by atomic mass is 35.5. The molecule has 0 saturated heterocycles. The molecule has 12 heteroatoms. The number of rotatable bonds is 3. The Bertz CT molecular complexity index is 1240. The van der Waals surface area contributed by atoms with Gasteiger partial charge in [-0.05, 0) is 30.7 Å². The van der Waals surface area contributed by atoms with Crippen molar-refractivity contribution in [1.82, 2.24) is 20.4 Å². The number of anilines is 2. The van der Waals surface area contributed by atoms with Crippen molar-refractivity contribution in [2.24, 2.45) is 0 Å². The third-order valence-corrected chi connectivity index (χ3v) is 5.79. The molecule has 3 aromatic rings. The van der Waals surface area contributed by atoms with Crippen molar-refractivity contribution in [1.29, 1.82) is 0 Å². The summed E-state index contributed by atoms with van der Waals surface area (Å²) in [7, 11) is 0. The number of hydrogen-bond donors (Lipinski definition) is 2. The molecule has 2 aliphatic rings. The van der Waals surface area contributed by atoms with E-state index < -0.39 is 22.7 Å². The molecular weight excluding hydrogens is 461 g/mol. The van der Waals surface area contributed by atoms with Gasteiger partial charge >= 0.3 is 6.18 Å². The molecule has 1 aromatic heterocycles. The number of para-hydroxylation sites is 2. The van der Waals surface area contributed by atoms with Crippen molar-refractivity contribution in [3.05, 3.63) is 76.2 Å². The lowest BCUT2D eigenvalue weighted by Gasteiger charge is -2.29. The molecule has 0 bridgehead atoms. The molecule has 5 rings (SSSR count). The number of hydrogen-bond acceptors (Lipinski definition) is 7.